The van der Waals surface area contributed by atoms with Crippen molar-refractivity contribution in [3.8, 4) is 5.75 Å². The van der Waals surface area contributed by atoms with E-state index in [9.17, 15) is 14.9 Å². The molecule has 0 aliphatic heterocycles. The van der Waals surface area contributed by atoms with Crippen LogP contribution in [0.2, 0.25) is 0 Å². The normalized spacial score (nSPS) is 10.0. The smallest absolute Gasteiger partial charge is 0.406 e. The number of carbonyl (C=O) groups excluding carboxylic acids is 1. The molecular weight excluding hydrogens is 286 g/mol. The van der Waals surface area contributed by atoms with E-state index in [1.165, 1.54) is 18.3 Å². The number of aromatic nitrogens is 1. The van der Waals surface area contributed by atoms with Gasteiger partial charge < -0.3 is 20.2 Å². The molecule has 1 aromatic heterocycles. The van der Waals surface area contributed by atoms with E-state index >= 15 is 0 Å². The zero-order chi connectivity index (χ0) is 15.9. The molecule has 0 radical (unpaired) electrons. The summed E-state index contributed by atoms with van der Waals surface area (Å²) in [6.07, 6.45) is 1.29. The minimum absolute atomic E-state index is 0.0296. The number of ether oxygens (including phenoxy) is 1. The van der Waals surface area contributed by atoms with Crippen molar-refractivity contribution in [1.82, 2.24) is 10.3 Å². The van der Waals surface area contributed by atoms with E-state index < -0.39 is 10.7 Å². The van der Waals surface area contributed by atoms with Crippen LogP contribution in [-0.2, 0) is 11.3 Å². The molecule has 1 N–H and O–H groups in total. The summed E-state index contributed by atoms with van der Waals surface area (Å²) >= 11 is 0. The number of aryl methyl sites for hydroxylation is 1. The van der Waals surface area contributed by atoms with E-state index in [4.69, 9.17) is 4.74 Å². The Balaban J connectivity index is 1.85. The van der Waals surface area contributed by atoms with Crippen LogP contribution in [0.4, 0.5) is 5.82 Å². The molecule has 2 aromatic rings. The van der Waals surface area contributed by atoms with Gasteiger partial charge in [-0.15, -0.1) is 0 Å². The van der Waals surface area contributed by atoms with Crippen molar-refractivity contribution in [2.75, 3.05) is 6.61 Å². The second kappa shape index (κ2) is 7.16. The summed E-state index contributed by atoms with van der Waals surface area (Å²) in [5.74, 6) is -0.800. The first kappa shape index (κ1) is 15.4. The summed E-state index contributed by atoms with van der Waals surface area (Å²) < 4.78 is 5.15. The molecule has 22 heavy (non-hydrogen) atoms. The van der Waals surface area contributed by atoms with E-state index in [1.807, 2.05) is 31.2 Å². The van der Waals surface area contributed by atoms with Gasteiger partial charge in [0.1, 0.15) is 6.20 Å². The lowest BCUT2D eigenvalue weighted by atomic mass is 10.1. The number of carbonyl (C=O) groups is 1. The van der Waals surface area contributed by atoms with Crippen molar-refractivity contribution >= 4 is 11.7 Å². The highest BCUT2D eigenvalue weighted by Crippen LogP contribution is 2.22. The van der Waals surface area contributed by atoms with Gasteiger partial charge in [-0.05, 0) is 34.5 Å². The number of nitro groups is 1. The second-order valence-corrected chi connectivity index (χ2v) is 4.63. The molecule has 0 fully saturated rings. The number of nitrogens with zero attached hydrogens (tertiary/aromatic N) is 2. The van der Waals surface area contributed by atoms with Gasteiger partial charge >= 0.3 is 5.82 Å². The number of pyridine rings is 1. The van der Waals surface area contributed by atoms with E-state index in [0.29, 0.717) is 6.54 Å². The van der Waals surface area contributed by atoms with Gasteiger partial charge in [0.15, 0.2) is 6.61 Å². The van der Waals surface area contributed by atoms with Gasteiger partial charge in [-0.1, -0.05) is 29.8 Å². The van der Waals surface area contributed by atoms with E-state index in [-0.39, 0.29) is 18.3 Å². The molecule has 0 spiro atoms. The molecule has 0 aliphatic carbocycles. The molecule has 7 nitrogen and oxygen atoms in total. The number of benzene rings is 1. The molecule has 1 amide bonds. The molecular formula is C15H15N3O4. The van der Waals surface area contributed by atoms with E-state index in [0.717, 1.165) is 11.1 Å². The molecule has 0 atom stereocenters. The first-order chi connectivity index (χ1) is 10.6. The van der Waals surface area contributed by atoms with Gasteiger partial charge in [-0.25, -0.2) is 0 Å². The number of amides is 1. The summed E-state index contributed by atoms with van der Waals surface area (Å²) in [4.78, 5) is 25.4. The van der Waals surface area contributed by atoms with Gasteiger partial charge in [0.2, 0.25) is 5.75 Å². The molecule has 0 saturated carbocycles. The Morgan fingerprint density at radius 3 is 2.73 bits per heavy atom. The van der Waals surface area contributed by atoms with Crippen LogP contribution < -0.4 is 10.1 Å². The summed E-state index contributed by atoms with van der Waals surface area (Å²) in [6.45, 7) is 2.05. The maximum Gasteiger partial charge on any atom is 0.406 e. The fraction of sp³-hybridized carbons (Fsp3) is 0.200. The van der Waals surface area contributed by atoms with Crippen LogP contribution in [0.25, 0.3) is 0 Å². The number of hydrogen-bond donors (Lipinski definition) is 1. The van der Waals surface area contributed by atoms with E-state index in [1.54, 1.807) is 0 Å². The van der Waals surface area contributed by atoms with Crippen LogP contribution in [0, 0.1) is 17.0 Å². The third kappa shape index (κ3) is 4.27. The Kier molecular flexibility index (Phi) is 5.02. The maximum atomic E-state index is 11.7. The highest BCUT2D eigenvalue weighted by molar-refractivity contribution is 5.77. The molecule has 7 heteroatoms. The predicted octanol–water partition coefficient (Wildman–Crippen LogP) is 1.99. The highest BCUT2D eigenvalue weighted by atomic mass is 16.6. The molecule has 0 saturated heterocycles. The van der Waals surface area contributed by atoms with Crippen LogP contribution in [0.1, 0.15) is 11.1 Å². The van der Waals surface area contributed by atoms with E-state index in [2.05, 4.69) is 10.3 Å². The predicted molar refractivity (Wildman–Crippen MR) is 79.4 cm³/mol. The minimum Gasteiger partial charge on any atom is -0.476 e. The second-order valence-electron chi connectivity index (χ2n) is 4.63. The first-order valence-electron chi connectivity index (χ1n) is 6.60. The Hall–Kier alpha value is -2.96. The van der Waals surface area contributed by atoms with Crippen molar-refractivity contribution < 1.29 is 14.5 Å². The van der Waals surface area contributed by atoms with Crippen LogP contribution in [0.15, 0.2) is 42.6 Å². The molecule has 2 rings (SSSR count). The van der Waals surface area contributed by atoms with Crippen LogP contribution in [0.3, 0.4) is 0 Å². The molecule has 114 valence electrons. The lowest BCUT2D eigenvalue weighted by molar-refractivity contribution is -0.390. The molecule has 0 bridgehead atoms. The minimum atomic E-state index is -0.653. The Morgan fingerprint density at radius 1 is 1.32 bits per heavy atom. The monoisotopic (exact) mass is 301 g/mol. The van der Waals surface area contributed by atoms with Crippen LogP contribution in [-0.4, -0.2) is 22.4 Å². The summed E-state index contributed by atoms with van der Waals surface area (Å²) in [6, 6.07) is 10.7. The van der Waals surface area contributed by atoms with Gasteiger partial charge in [0.25, 0.3) is 5.91 Å². The number of hydrogen-bond acceptors (Lipinski definition) is 5. The average Bonchev–Trinajstić information content (AvgIpc) is 2.52. The fourth-order valence-corrected chi connectivity index (χ4v) is 1.73. The van der Waals surface area contributed by atoms with Crippen LogP contribution >= 0.6 is 0 Å². The van der Waals surface area contributed by atoms with Crippen molar-refractivity contribution in [2.45, 2.75) is 13.5 Å². The van der Waals surface area contributed by atoms with Gasteiger partial charge in [-0.3, -0.25) is 4.79 Å². The quantitative estimate of drug-likeness (QED) is 0.650. The highest BCUT2D eigenvalue weighted by Gasteiger charge is 2.16. The molecule has 0 unspecified atom stereocenters. The van der Waals surface area contributed by atoms with Crippen LogP contribution in [0.5, 0.6) is 5.75 Å². The topological polar surface area (TPSA) is 94.4 Å². The number of nitrogens with one attached hydrogen (secondary N) is 1. The Morgan fingerprint density at radius 2 is 2.05 bits per heavy atom. The fourth-order valence-electron chi connectivity index (χ4n) is 1.73. The zero-order valence-electron chi connectivity index (χ0n) is 12.0. The van der Waals surface area contributed by atoms with Crippen molar-refractivity contribution in [1.29, 1.82) is 0 Å². The largest absolute Gasteiger partial charge is 0.476 e. The average molecular weight is 301 g/mol. The standard InChI is InChI=1S/C15H15N3O4/c1-11-4-6-12(7-5-11)9-17-14(19)10-22-13-3-2-8-16-15(13)18(20)21/h2-8H,9-10H2,1H3,(H,17,19). The van der Waals surface area contributed by atoms with Crippen molar-refractivity contribution in [2.24, 2.45) is 0 Å². The van der Waals surface area contributed by atoms with Crippen molar-refractivity contribution in [3.05, 3.63) is 63.8 Å². The molecule has 1 heterocycles. The summed E-state index contributed by atoms with van der Waals surface area (Å²) in [7, 11) is 0. The summed E-state index contributed by atoms with van der Waals surface area (Å²) in [5.41, 5.74) is 2.11. The Labute approximate surface area is 127 Å². The Bertz CT molecular complexity index is 671. The van der Waals surface area contributed by atoms with Gasteiger partial charge in [0, 0.05) is 6.54 Å². The van der Waals surface area contributed by atoms with Gasteiger partial charge in [-0.2, -0.15) is 0 Å². The third-order valence-electron chi connectivity index (χ3n) is 2.89. The molecule has 0 aliphatic rings. The zero-order valence-corrected chi connectivity index (χ0v) is 12.0. The number of rotatable bonds is 6. The third-order valence-corrected chi connectivity index (χ3v) is 2.89. The first-order valence-corrected chi connectivity index (χ1v) is 6.60. The lowest BCUT2D eigenvalue weighted by Gasteiger charge is -2.07. The van der Waals surface area contributed by atoms with Gasteiger partial charge in [0.05, 0.1) is 0 Å². The SMILES string of the molecule is Cc1ccc(CNC(=O)COc2cccnc2[N+](=O)[O-])cc1. The maximum absolute atomic E-state index is 11.7. The molecule has 1 aromatic carbocycles. The van der Waals surface area contributed by atoms with Crippen molar-refractivity contribution in [3.63, 3.8) is 0 Å². The summed E-state index contributed by atoms with van der Waals surface area (Å²) in [5, 5.41) is 13.5. The lowest BCUT2D eigenvalue weighted by Crippen LogP contribution is -2.28.